The van der Waals surface area contributed by atoms with Gasteiger partial charge in [-0.2, -0.15) is 0 Å². The summed E-state index contributed by atoms with van der Waals surface area (Å²) in [6.45, 7) is 0.557. The number of benzene rings is 2. The summed E-state index contributed by atoms with van der Waals surface area (Å²) in [5.74, 6) is -0.559. The van der Waals surface area contributed by atoms with E-state index in [0.29, 0.717) is 17.8 Å². The van der Waals surface area contributed by atoms with Crippen LogP contribution in [0.1, 0.15) is 34.3 Å². The number of carbonyl (C=O) groups is 4. The Morgan fingerprint density at radius 1 is 0.931 bits per heavy atom. The Kier molecular flexibility index (Phi) is 6.23. The van der Waals surface area contributed by atoms with Crippen LogP contribution >= 0.6 is 0 Å². The molecule has 1 aliphatic heterocycles. The maximum Gasteiger partial charge on any atom is 0.411 e. The Labute approximate surface area is 167 Å². The van der Waals surface area contributed by atoms with Crippen LogP contribution < -0.4 is 10.6 Å². The molecule has 8 nitrogen and oxygen atoms in total. The number of nitrogens with zero attached hydrogens (tertiary/aromatic N) is 1. The number of imide groups is 1. The third-order valence-electron chi connectivity index (χ3n) is 4.55. The van der Waals surface area contributed by atoms with Crippen molar-refractivity contribution >= 4 is 29.5 Å². The molecule has 1 saturated heterocycles. The summed E-state index contributed by atoms with van der Waals surface area (Å²) in [5.41, 5.74) is 2.74. The zero-order valence-electron chi connectivity index (χ0n) is 15.9. The number of hydrogen-bond acceptors (Lipinski definition) is 5. The minimum Gasteiger partial charge on any atom is -0.453 e. The van der Waals surface area contributed by atoms with E-state index in [9.17, 15) is 19.2 Å². The number of methoxy groups -OCH3 is 1. The fourth-order valence-corrected chi connectivity index (χ4v) is 2.90. The topological polar surface area (TPSA) is 105 Å². The first-order chi connectivity index (χ1) is 14.0. The van der Waals surface area contributed by atoms with Gasteiger partial charge in [0.1, 0.15) is 0 Å². The van der Waals surface area contributed by atoms with Crippen molar-refractivity contribution in [3.05, 3.63) is 65.2 Å². The van der Waals surface area contributed by atoms with E-state index in [1.165, 1.54) is 12.0 Å². The highest BCUT2D eigenvalue weighted by atomic mass is 16.5. The van der Waals surface area contributed by atoms with Crippen molar-refractivity contribution in [1.29, 1.82) is 0 Å². The summed E-state index contributed by atoms with van der Waals surface area (Å²) < 4.78 is 4.53. The number of likely N-dealkylation sites (tertiary alicyclic amines) is 1. The van der Waals surface area contributed by atoms with Crippen LogP contribution in [0.2, 0.25) is 0 Å². The van der Waals surface area contributed by atoms with Crippen molar-refractivity contribution in [3.8, 4) is 0 Å². The van der Waals surface area contributed by atoms with Crippen molar-refractivity contribution in [3.63, 3.8) is 0 Å². The molecule has 1 heterocycles. The smallest absolute Gasteiger partial charge is 0.411 e. The van der Waals surface area contributed by atoms with Gasteiger partial charge in [-0.15, -0.1) is 0 Å². The third kappa shape index (κ3) is 5.19. The maximum atomic E-state index is 12.3. The maximum absolute atomic E-state index is 12.3. The van der Waals surface area contributed by atoms with Crippen molar-refractivity contribution in [1.82, 2.24) is 10.2 Å². The zero-order chi connectivity index (χ0) is 20.8. The minimum absolute atomic E-state index is 0.162. The molecule has 0 atom stereocenters. The highest BCUT2D eigenvalue weighted by molar-refractivity contribution is 6.01. The number of ether oxygens (including phenoxy) is 1. The highest BCUT2D eigenvalue weighted by Crippen LogP contribution is 2.16. The molecule has 150 valence electrons. The van der Waals surface area contributed by atoms with Crippen LogP contribution in [-0.2, 0) is 27.4 Å². The van der Waals surface area contributed by atoms with Crippen LogP contribution in [-0.4, -0.2) is 35.8 Å². The Morgan fingerprint density at radius 2 is 1.52 bits per heavy atom. The molecule has 0 spiro atoms. The largest absolute Gasteiger partial charge is 0.453 e. The molecule has 0 aromatic heterocycles. The molecule has 1 aliphatic rings. The number of anilines is 1. The van der Waals surface area contributed by atoms with Gasteiger partial charge in [0.15, 0.2) is 0 Å². The van der Waals surface area contributed by atoms with E-state index in [0.717, 1.165) is 11.1 Å². The van der Waals surface area contributed by atoms with Crippen LogP contribution in [0.25, 0.3) is 0 Å². The lowest BCUT2D eigenvalue weighted by Gasteiger charge is -2.14. The lowest BCUT2D eigenvalue weighted by molar-refractivity contribution is -0.139. The van der Waals surface area contributed by atoms with Gasteiger partial charge in [0.25, 0.3) is 5.91 Å². The molecule has 0 radical (unpaired) electrons. The summed E-state index contributed by atoms with van der Waals surface area (Å²) in [6, 6.07) is 13.8. The van der Waals surface area contributed by atoms with Gasteiger partial charge < -0.3 is 10.1 Å². The molecule has 8 heteroatoms. The fraction of sp³-hybridized carbons (Fsp3) is 0.238. The van der Waals surface area contributed by atoms with E-state index in [1.54, 1.807) is 48.5 Å². The summed E-state index contributed by atoms with van der Waals surface area (Å²) in [5, 5.41) is 5.38. The van der Waals surface area contributed by atoms with Gasteiger partial charge in [-0.3, -0.25) is 24.6 Å². The molecule has 3 rings (SSSR count). The number of carbonyl (C=O) groups excluding carboxylic acids is 4. The molecule has 1 fully saturated rings. The minimum atomic E-state index is -0.548. The molecule has 2 aromatic carbocycles. The molecule has 2 N–H and O–H groups in total. The zero-order valence-corrected chi connectivity index (χ0v) is 15.9. The quantitative estimate of drug-likeness (QED) is 0.731. The van der Waals surface area contributed by atoms with E-state index in [-0.39, 0.29) is 37.1 Å². The lowest BCUT2D eigenvalue weighted by atomic mass is 10.1. The summed E-state index contributed by atoms with van der Waals surface area (Å²) in [6.07, 6.45) is -0.0223. The first-order valence-electron chi connectivity index (χ1n) is 9.10. The van der Waals surface area contributed by atoms with Gasteiger partial charge in [-0.25, -0.2) is 4.79 Å². The van der Waals surface area contributed by atoms with Crippen LogP contribution in [0.3, 0.4) is 0 Å². The molecule has 0 unspecified atom stereocenters. The Hall–Kier alpha value is -3.68. The average Bonchev–Trinajstić information content (AvgIpc) is 3.05. The highest BCUT2D eigenvalue weighted by Gasteiger charge is 2.28. The van der Waals surface area contributed by atoms with E-state index >= 15 is 0 Å². The van der Waals surface area contributed by atoms with Crippen LogP contribution in [0.4, 0.5) is 10.5 Å². The standard InChI is InChI=1S/C21H21N3O5/c1-29-21(28)23-17-8-4-14(5-9-17)12-22-20(27)16-6-2-15(3-7-16)13-24-18(25)10-11-19(24)26/h2-9H,10-13H2,1H3,(H,22,27)(H,23,28). The van der Waals surface area contributed by atoms with Gasteiger partial charge in [0.05, 0.1) is 13.7 Å². The number of nitrogens with one attached hydrogen (secondary N) is 2. The second-order valence-electron chi connectivity index (χ2n) is 6.57. The molecule has 4 amide bonds. The van der Waals surface area contributed by atoms with Crippen LogP contribution in [0.15, 0.2) is 48.5 Å². The molecule has 0 saturated carbocycles. The average molecular weight is 395 g/mol. The molecular formula is C21H21N3O5. The van der Waals surface area contributed by atoms with E-state index < -0.39 is 6.09 Å². The number of amides is 4. The van der Waals surface area contributed by atoms with Gasteiger partial charge in [0, 0.05) is 30.6 Å². The third-order valence-corrected chi connectivity index (χ3v) is 4.55. The second kappa shape index (κ2) is 9.01. The van der Waals surface area contributed by atoms with E-state index in [4.69, 9.17) is 0 Å². The summed E-state index contributed by atoms with van der Waals surface area (Å²) >= 11 is 0. The lowest BCUT2D eigenvalue weighted by Crippen LogP contribution is -2.28. The van der Waals surface area contributed by atoms with Crippen molar-refractivity contribution in [2.75, 3.05) is 12.4 Å². The summed E-state index contributed by atoms with van der Waals surface area (Å²) in [4.78, 5) is 48.1. The first kappa shape index (κ1) is 20.1. The number of rotatable bonds is 6. The second-order valence-corrected chi connectivity index (χ2v) is 6.57. The molecular weight excluding hydrogens is 374 g/mol. The summed E-state index contributed by atoms with van der Waals surface area (Å²) in [7, 11) is 1.29. The van der Waals surface area contributed by atoms with Gasteiger partial charge >= 0.3 is 6.09 Å². The monoisotopic (exact) mass is 395 g/mol. The Bertz CT molecular complexity index is 906. The number of hydrogen-bond donors (Lipinski definition) is 2. The predicted molar refractivity (Wildman–Crippen MR) is 105 cm³/mol. The normalized spacial score (nSPS) is 13.3. The van der Waals surface area contributed by atoms with Gasteiger partial charge in [-0.05, 0) is 35.4 Å². The van der Waals surface area contributed by atoms with Crippen molar-refractivity contribution in [2.24, 2.45) is 0 Å². The Morgan fingerprint density at radius 3 is 2.10 bits per heavy atom. The fourth-order valence-electron chi connectivity index (χ4n) is 2.90. The Balaban J connectivity index is 1.52. The first-order valence-corrected chi connectivity index (χ1v) is 9.10. The van der Waals surface area contributed by atoms with Crippen LogP contribution in [0.5, 0.6) is 0 Å². The van der Waals surface area contributed by atoms with Crippen LogP contribution in [0, 0.1) is 0 Å². The van der Waals surface area contributed by atoms with E-state index in [2.05, 4.69) is 15.4 Å². The van der Waals surface area contributed by atoms with Crippen molar-refractivity contribution in [2.45, 2.75) is 25.9 Å². The predicted octanol–water partition coefficient (Wildman–Crippen LogP) is 2.44. The molecule has 0 aliphatic carbocycles. The van der Waals surface area contributed by atoms with Gasteiger partial charge in [-0.1, -0.05) is 24.3 Å². The molecule has 0 bridgehead atoms. The molecule has 2 aromatic rings. The SMILES string of the molecule is COC(=O)Nc1ccc(CNC(=O)c2ccc(CN3C(=O)CCC3=O)cc2)cc1. The van der Waals surface area contributed by atoms with Crippen molar-refractivity contribution < 1.29 is 23.9 Å². The molecule has 29 heavy (non-hydrogen) atoms. The van der Waals surface area contributed by atoms with Gasteiger partial charge in [0.2, 0.25) is 11.8 Å². The van der Waals surface area contributed by atoms with E-state index in [1.807, 2.05) is 0 Å².